The molecule has 0 aliphatic carbocycles. The quantitative estimate of drug-likeness (QED) is 0.533. The molecule has 2 rings (SSSR count). The van der Waals surface area contributed by atoms with Gasteiger partial charge >= 0.3 is 5.97 Å². The Bertz CT molecular complexity index is 920. The fourth-order valence-electron chi connectivity index (χ4n) is 2.06. The molecule has 2 aromatic rings. The molecule has 0 saturated carbocycles. The van der Waals surface area contributed by atoms with Crippen LogP contribution in [0.15, 0.2) is 66.1 Å². The third-order valence-corrected chi connectivity index (χ3v) is 4.88. The molecule has 0 saturated heterocycles. The van der Waals surface area contributed by atoms with Gasteiger partial charge in [-0.1, -0.05) is 23.8 Å². The van der Waals surface area contributed by atoms with Crippen molar-refractivity contribution < 1.29 is 22.7 Å². The fraction of sp³-hybridized carbons (Fsp3) is 0.158. The second kappa shape index (κ2) is 9.00. The Morgan fingerprint density at radius 3 is 2.30 bits per heavy atom. The number of esters is 1. The summed E-state index contributed by atoms with van der Waals surface area (Å²) in [4.78, 5) is 23.3. The van der Waals surface area contributed by atoms with E-state index in [9.17, 15) is 18.0 Å². The van der Waals surface area contributed by atoms with E-state index >= 15 is 0 Å². The van der Waals surface area contributed by atoms with E-state index in [1.54, 1.807) is 24.3 Å². The molecule has 0 aliphatic heterocycles. The Hall–Kier alpha value is -3.13. The lowest BCUT2D eigenvalue weighted by molar-refractivity contribution is -0.124. The highest BCUT2D eigenvalue weighted by molar-refractivity contribution is 7.92. The molecule has 0 radical (unpaired) electrons. The average Bonchev–Trinajstić information content (AvgIpc) is 2.66. The van der Waals surface area contributed by atoms with Crippen LogP contribution >= 0.6 is 0 Å². The number of carbonyl (C=O) groups excluding carboxylic acids is 2. The van der Waals surface area contributed by atoms with Gasteiger partial charge in [0.15, 0.2) is 6.61 Å². The predicted octanol–water partition coefficient (Wildman–Crippen LogP) is 2.25. The van der Waals surface area contributed by atoms with E-state index < -0.39 is 28.5 Å². The summed E-state index contributed by atoms with van der Waals surface area (Å²) in [6.07, 6.45) is 1.50. The summed E-state index contributed by atoms with van der Waals surface area (Å²) in [5.74, 6) is -1.18. The number of aryl methyl sites for hydroxylation is 1. The lowest BCUT2D eigenvalue weighted by Crippen LogP contribution is -2.28. The van der Waals surface area contributed by atoms with Crippen molar-refractivity contribution in [2.45, 2.75) is 11.8 Å². The summed E-state index contributed by atoms with van der Waals surface area (Å²) in [7, 11) is -3.78. The van der Waals surface area contributed by atoms with E-state index in [0.29, 0.717) is 5.69 Å². The van der Waals surface area contributed by atoms with E-state index in [2.05, 4.69) is 16.6 Å². The van der Waals surface area contributed by atoms with Gasteiger partial charge in [-0.25, -0.2) is 13.2 Å². The van der Waals surface area contributed by atoms with Gasteiger partial charge in [0.2, 0.25) is 0 Å². The highest BCUT2D eigenvalue weighted by atomic mass is 32.2. The van der Waals surface area contributed by atoms with E-state index in [4.69, 9.17) is 4.74 Å². The van der Waals surface area contributed by atoms with Crippen LogP contribution in [0, 0.1) is 6.92 Å². The monoisotopic (exact) mass is 388 g/mol. The molecule has 0 spiro atoms. The van der Waals surface area contributed by atoms with Gasteiger partial charge in [-0.05, 0) is 43.3 Å². The van der Waals surface area contributed by atoms with Crippen molar-refractivity contribution in [3.05, 3.63) is 72.3 Å². The van der Waals surface area contributed by atoms with Crippen molar-refractivity contribution in [3.63, 3.8) is 0 Å². The molecule has 2 N–H and O–H groups in total. The van der Waals surface area contributed by atoms with Crippen LogP contribution in [0.4, 0.5) is 5.69 Å². The minimum absolute atomic E-state index is 0.00310. The molecule has 0 aliphatic rings. The summed E-state index contributed by atoms with van der Waals surface area (Å²) >= 11 is 0. The normalized spacial score (nSPS) is 10.7. The van der Waals surface area contributed by atoms with Crippen LogP contribution in [-0.2, 0) is 19.6 Å². The maximum absolute atomic E-state index is 12.4. The van der Waals surface area contributed by atoms with Crippen LogP contribution in [0.25, 0.3) is 0 Å². The molecule has 0 heterocycles. The second-order valence-corrected chi connectivity index (χ2v) is 7.35. The molecular weight excluding hydrogens is 368 g/mol. The number of carbonyl (C=O) groups is 2. The number of amides is 1. The largest absolute Gasteiger partial charge is 0.452 e. The smallest absolute Gasteiger partial charge is 0.338 e. The summed E-state index contributed by atoms with van der Waals surface area (Å²) in [6.45, 7) is 5.20. The topological polar surface area (TPSA) is 102 Å². The molecule has 0 unspecified atom stereocenters. The summed E-state index contributed by atoms with van der Waals surface area (Å²) < 4.78 is 32.1. The summed E-state index contributed by atoms with van der Waals surface area (Å²) in [5.41, 5.74) is 1.59. The summed E-state index contributed by atoms with van der Waals surface area (Å²) in [6, 6.07) is 12.2. The van der Waals surface area contributed by atoms with Crippen molar-refractivity contribution in [2.75, 3.05) is 17.9 Å². The Labute approximate surface area is 158 Å². The number of rotatable bonds is 8. The number of sulfonamides is 1. The first-order chi connectivity index (χ1) is 12.8. The maximum Gasteiger partial charge on any atom is 0.338 e. The van der Waals surface area contributed by atoms with Crippen LogP contribution in [0.3, 0.4) is 0 Å². The third-order valence-electron chi connectivity index (χ3n) is 3.48. The minimum Gasteiger partial charge on any atom is -0.452 e. The van der Waals surface area contributed by atoms with Gasteiger partial charge in [0.05, 0.1) is 10.5 Å². The number of nitrogens with one attached hydrogen (secondary N) is 2. The number of hydrogen-bond acceptors (Lipinski definition) is 5. The van der Waals surface area contributed by atoms with Crippen LogP contribution < -0.4 is 10.0 Å². The first-order valence-electron chi connectivity index (χ1n) is 8.06. The zero-order valence-electron chi connectivity index (χ0n) is 14.8. The van der Waals surface area contributed by atoms with Gasteiger partial charge in [-0.2, -0.15) is 0 Å². The summed E-state index contributed by atoms with van der Waals surface area (Å²) in [5, 5.41) is 2.47. The van der Waals surface area contributed by atoms with Gasteiger partial charge < -0.3 is 10.1 Å². The molecule has 7 nitrogen and oxygen atoms in total. The molecule has 0 fully saturated rings. The Morgan fingerprint density at radius 1 is 1.07 bits per heavy atom. The van der Waals surface area contributed by atoms with Gasteiger partial charge in [0, 0.05) is 12.2 Å². The van der Waals surface area contributed by atoms with E-state index in [-0.39, 0.29) is 17.0 Å². The Balaban J connectivity index is 2.00. The third kappa shape index (κ3) is 5.96. The van der Waals surface area contributed by atoms with E-state index in [1.807, 2.05) is 6.92 Å². The van der Waals surface area contributed by atoms with Gasteiger partial charge in [-0.15, -0.1) is 6.58 Å². The maximum atomic E-state index is 12.4. The number of hydrogen-bond donors (Lipinski definition) is 2. The lowest BCUT2D eigenvalue weighted by atomic mass is 10.2. The second-order valence-electron chi connectivity index (χ2n) is 5.66. The Morgan fingerprint density at radius 2 is 1.70 bits per heavy atom. The number of benzene rings is 2. The molecule has 8 heteroatoms. The fourth-order valence-corrected chi connectivity index (χ4v) is 3.12. The van der Waals surface area contributed by atoms with Gasteiger partial charge in [-0.3, -0.25) is 9.52 Å². The number of anilines is 1. The first kappa shape index (κ1) is 20.2. The molecule has 142 valence electrons. The molecule has 0 bridgehead atoms. The standard InChI is InChI=1S/C19H20N2O5S/c1-3-12-20-18(22)13-26-19(23)15-6-10-17(11-7-15)27(24,25)21-16-8-4-14(2)5-9-16/h3-11,21H,1,12-13H2,2H3,(H,20,22). The van der Waals surface area contributed by atoms with Crippen molar-refractivity contribution in [1.29, 1.82) is 0 Å². The van der Waals surface area contributed by atoms with Crippen molar-refractivity contribution in [1.82, 2.24) is 5.32 Å². The van der Waals surface area contributed by atoms with Crippen LogP contribution in [0.2, 0.25) is 0 Å². The molecule has 0 aromatic heterocycles. The van der Waals surface area contributed by atoms with Crippen molar-refractivity contribution >= 4 is 27.6 Å². The molecular formula is C19H20N2O5S. The predicted molar refractivity (Wildman–Crippen MR) is 102 cm³/mol. The molecule has 2 aromatic carbocycles. The van der Waals surface area contributed by atoms with Crippen LogP contribution in [0.1, 0.15) is 15.9 Å². The lowest BCUT2D eigenvalue weighted by Gasteiger charge is -2.09. The Kier molecular flexibility index (Phi) is 6.73. The highest BCUT2D eigenvalue weighted by Crippen LogP contribution is 2.17. The first-order valence-corrected chi connectivity index (χ1v) is 9.54. The minimum atomic E-state index is -3.78. The van der Waals surface area contributed by atoms with Crippen LogP contribution in [0.5, 0.6) is 0 Å². The zero-order valence-corrected chi connectivity index (χ0v) is 15.6. The highest BCUT2D eigenvalue weighted by Gasteiger charge is 2.16. The van der Waals surface area contributed by atoms with Crippen molar-refractivity contribution in [3.8, 4) is 0 Å². The van der Waals surface area contributed by atoms with E-state index in [0.717, 1.165) is 5.56 Å². The zero-order chi connectivity index (χ0) is 19.9. The van der Waals surface area contributed by atoms with Gasteiger partial charge in [0.25, 0.3) is 15.9 Å². The van der Waals surface area contributed by atoms with Crippen LogP contribution in [-0.4, -0.2) is 33.4 Å². The van der Waals surface area contributed by atoms with Gasteiger partial charge in [0.1, 0.15) is 0 Å². The van der Waals surface area contributed by atoms with E-state index in [1.165, 1.54) is 30.3 Å². The van der Waals surface area contributed by atoms with Crippen molar-refractivity contribution in [2.24, 2.45) is 0 Å². The average molecular weight is 388 g/mol. The molecule has 27 heavy (non-hydrogen) atoms. The molecule has 0 atom stereocenters. The molecule has 1 amide bonds. The SMILES string of the molecule is C=CCNC(=O)COC(=O)c1ccc(S(=O)(=O)Nc2ccc(C)cc2)cc1. The number of ether oxygens (including phenoxy) is 1.